The molecule has 6 nitrogen and oxygen atoms in total. The van der Waals surface area contributed by atoms with Gasteiger partial charge in [0.25, 0.3) is 0 Å². The second kappa shape index (κ2) is 15.9. The van der Waals surface area contributed by atoms with Crippen LogP contribution in [0.5, 0.6) is 0 Å². The Kier molecular flexibility index (Phi) is 11.8. The predicted octanol–water partition coefficient (Wildman–Crippen LogP) is 7.06. The Morgan fingerprint density at radius 2 is 1.49 bits per heavy atom. The Morgan fingerprint density at radius 3 is 2.16 bits per heavy atom. The maximum Gasteiger partial charge on any atom is 0.207 e. The molecule has 8 heteroatoms. The van der Waals surface area contributed by atoms with E-state index in [2.05, 4.69) is 62.9 Å². The number of halogens is 2. The first-order valence-corrected chi connectivity index (χ1v) is 16.3. The number of anilines is 1. The van der Waals surface area contributed by atoms with Gasteiger partial charge in [0.1, 0.15) is 0 Å². The van der Waals surface area contributed by atoms with Crippen molar-refractivity contribution in [1.82, 2.24) is 15.1 Å². The summed E-state index contributed by atoms with van der Waals surface area (Å²) in [6, 6.07) is 21.6. The number of piperidine rings is 2. The van der Waals surface area contributed by atoms with Crippen LogP contribution in [0.4, 0.5) is 5.69 Å². The predicted molar refractivity (Wildman–Crippen MR) is 178 cm³/mol. The van der Waals surface area contributed by atoms with Crippen LogP contribution < -0.4 is 10.6 Å². The molecule has 2 heterocycles. The Morgan fingerprint density at radius 1 is 0.837 bits per heavy atom. The lowest BCUT2D eigenvalue weighted by Gasteiger charge is -2.32. The van der Waals surface area contributed by atoms with Crippen molar-refractivity contribution in [1.29, 1.82) is 0 Å². The molecule has 0 saturated carbocycles. The van der Waals surface area contributed by atoms with Gasteiger partial charge in [-0.15, -0.1) is 0 Å². The first kappa shape index (κ1) is 31.8. The van der Waals surface area contributed by atoms with Crippen molar-refractivity contribution in [3.63, 3.8) is 0 Å². The van der Waals surface area contributed by atoms with Crippen LogP contribution in [0.3, 0.4) is 0 Å². The fourth-order valence-corrected chi connectivity index (χ4v) is 6.98. The van der Waals surface area contributed by atoms with E-state index < -0.39 is 0 Å². The number of methoxy groups -OCH3 is 1. The number of likely N-dealkylation sites (tertiary alicyclic amines) is 2. The second-order valence-corrected chi connectivity index (χ2v) is 12.9. The third-order valence-corrected chi connectivity index (χ3v) is 9.37. The molecule has 5 rings (SSSR count). The zero-order chi connectivity index (χ0) is 30.0. The number of benzene rings is 3. The van der Waals surface area contributed by atoms with Gasteiger partial charge < -0.3 is 20.3 Å². The van der Waals surface area contributed by atoms with Crippen molar-refractivity contribution < 1.29 is 9.53 Å². The summed E-state index contributed by atoms with van der Waals surface area (Å²) in [6.45, 7) is 8.57. The van der Waals surface area contributed by atoms with E-state index in [1.165, 1.54) is 29.5 Å². The van der Waals surface area contributed by atoms with E-state index >= 15 is 0 Å². The monoisotopic (exact) mass is 622 g/mol. The summed E-state index contributed by atoms with van der Waals surface area (Å²) in [4.78, 5) is 15.7. The van der Waals surface area contributed by atoms with Gasteiger partial charge in [0, 0.05) is 49.0 Å². The van der Waals surface area contributed by atoms with E-state index in [-0.39, 0.29) is 0 Å². The van der Waals surface area contributed by atoms with Crippen molar-refractivity contribution in [3.05, 3.63) is 87.4 Å². The van der Waals surface area contributed by atoms with Crippen molar-refractivity contribution in [2.75, 3.05) is 58.3 Å². The Balaban J connectivity index is 1.24. The van der Waals surface area contributed by atoms with Crippen LogP contribution in [0, 0.1) is 5.92 Å². The summed E-state index contributed by atoms with van der Waals surface area (Å²) in [5.74, 6) is 1.18. The highest BCUT2D eigenvalue weighted by Gasteiger charge is 2.21. The molecule has 2 aliphatic heterocycles. The standard InChI is InChI=1S/C35H44Cl2N4O2/c1-43-15-14-40-12-8-30(9-13-40)29-2-4-35(5-3-29)39-23-27-16-28(24-41-10-6-26(7-11-41)22-38-25-42)18-31(17-27)32-19-33(36)21-34(37)20-32/h2-5,16-21,25-26,30,39H,6-15,22-24H2,1H3,(H,38,42). The van der Waals surface area contributed by atoms with Crippen LogP contribution >= 0.6 is 23.2 Å². The van der Waals surface area contributed by atoms with Gasteiger partial charge in [0.05, 0.1) is 6.61 Å². The van der Waals surface area contributed by atoms with Crippen LogP contribution in [0.25, 0.3) is 11.1 Å². The lowest BCUT2D eigenvalue weighted by Crippen LogP contribution is -2.36. The molecule has 2 saturated heterocycles. The number of carbonyl (C=O) groups is 1. The quantitative estimate of drug-likeness (QED) is 0.200. The average Bonchev–Trinajstić information content (AvgIpc) is 3.02. The van der Waals surface area contributed by atoms with Crippen LogP contribution in [0.2, 0.25) is 10.0 Å². The van der Waals surface area contributed by atoms with Crippen LogP contribution in [0.1, 0.15) is 48.3 Å². The molecule has 3 aromatic rings. The number of ether oxygens (including phenoxy) is 1. The summed E-state index contributed by atoms with van der Waals surface area (Å²) in [7, 11) is 1.77. The highest BCUT2D eigenvalue weighted by molar-refractivity contribution is 6.35. The van der Waals surface area contributed by atoms with E-state index in [1.807, 2.05) is 12.1 Å². The van der Waals surface area contributed by atoms with Gasteiger partial charge in [0.2, 0.25) is 6.41 Å². The summed E-state index contributed by atoms with van der Waals surface area (Å²) in [5, 5.41) is 7.78. The van der Waals surface area contributed by atoms with E-state index in [0.29, 0.717) is 21.9 Å². The second-order valence-electron chi connectivity index (χ2n) is 12.0. The molecule has 0 radical (unpaired) electrons. The number of nitrogens with one attached hydrogen (secondary N) is 2. The molecule has 2 N–H and O–H groups in total. The highest BCUT2D eigenvalue weighted by Crippen LogP contribution is 2.31. The van der Waals surface area contributed by atoms with Crippen molar-refractivity contribution >= 4 is 35.3 Å². The highest BCUT2D eigenvalue weighted by atomic mass is 35.5. The Labute approximate surface area is 266 Å². The molecule has 3 aromatic carbocycles. The van der Waals surface area contributed by atoms with Gasteiger partial charge in [-0.3, -0.25) is 9.69 Å². The number of rotatable bonds is 13. The average molecular weight is 624 g/mol. The number of hydrogen-bond donors (Lipinski definition) is 2. The SMILES string of the molecule is COCCN1CCC(c2ccc(NCc3cc(CN4CCC(CNC=O)CC4)cc(-c4cc(Cl)cc(Cl)c4)c3)cc2)CC1. The first-order valence-electron chi connectivity index (χ1n) is 15.5. The van der Waals surface area contributed by atoms with Crippen molar-refractivity contribution in [3.8, 4) is 11.1 Å². The first-order chi connectivity index (χ1) is 21.0. The fourth-order valence-electron chi connectivity index (χ4n) is 6.45. The summed E-state index contributed by atoms with van der Waals surface area (Å²) < 4.78 is 5.25. The molecule has 0 unspecified atom stereocenters. The molecule has 1 amide bonds. The zero-order valence-corrected chi connectivity index (χ0v) is 26.7. The molecule has 2 fully saturated rings. The van der Waals surface area contributed by atoms with E-state index in [0.717, 1.165) is 95.0 Å². The zero-order valence-electron chi connectivity index (χ0n) is 25.2. The van der Waals surface area contributed by atoms with Gasteiger partial charge in [0.15, 0.2) is 0 Å². The van der Waals surface area contributed by atoms with Crippen molar-refractivity contribution in [2.24, 2.45) is 5.92 Å². The minimum Gasteiger partial charge on any atom is -0.383 e. The molecular weight excluding hydrogens is 579 g/mol. The van der Waals surface area contributed by atoms with Gasteiger partial charge in [-0.2, -0.15) is 0 Å². The molecule has 2 aliphatic rings. The molecule has 0 bridgehead atoms. The van der Waals surface area contributed by atoms with Crippen LogP contribution in [-0.4, -0.2) is 69.2 Å². The lowest BCUT2D eigenvalue weighted by atomic mass is 9.89. The summed E-state index contributed by atoms with van der Waals surface area (Å²) in [5.41, 5.74) is 7.21. The van der Waals surface area contributed by atoms with Gasteiger partial charge >= 0.3 is 0 Å². The third-order valence-electron chi connectivity index (χ3n) is 8.93. The normalized spacial score (nSPS) is 17.2. The molecule has 0 aromatic heterocycles. The molecule has 43 heavy (non-hydrogen) atoms. The van der Waals surface area contributed by atoms with Gasteiger partial charge in [-0.05, 0) is 134 Å². The largest absolute Gasteiger partial charge is 0.383 e. The van der Waals surface area contributed by atoms with Crippen LogP contribution in [0.15, 0.2) is 60.7 Å². The van der Waals surface area contributed by atoms with Gasteiger partial charge in [-0.25, -0.2) is 0 Å². The number of carbonyl (C=O) groups excluding carboxylic acids is 1. The van der Waals surface area contributed by atoms with Gasteiger partial charge in [-0.1, -0.05) is 41.4 Å². The Hall–Kier alpha value is -2.61. The van der Waals surface area contributed by atoms with E-state index in [9.17, 15) is 4.79 Å². The number of amides is 1. The molecule has 0 spiro atoms. The number of hydrogen-bond acceptors (Lipinski definition) is 5. The molecule has 0 aliphatic carbocycles. The minimum absolute atomic E-state index is 0.557. The van der Waals surface area contributed by atoms with E-state index in [1.54, 1.807) is 13.2 Å². The summed E-state index contributed by atoms with van der Waals surface area (Å²) >= 11 is 12.8. The van der Waals surface area contributed by atoms with E-state index in [4.69, 9.17) is 27.9 Å². The minimum atomic E-state index is 0.557. The summed E-state index contributed by atoms with van der Waals surface area (Å²) in [6.07, 6.45) is 5.40. The topological polar surface area (TPSA) is 56.8 Å². The maximum absolute atomic E-state index is 10.7. The Bertz CT molecular complexity index is 1300. The lowest BCUT2D eigenvalue weighted by molar-refractivity contribution is -0.109. The molecule has 0 atom stereocenters. The molecular formula is C35H44Cl2N4O2. The van der Waals surface area contributed by atoms with Crippen LogP contribution in [-0.2, 0) is 22.6 Å². The third kappa shape index (κ3) is 9.44. The smallest absolute Gasteiger partial charge is 0.207 e. The number of nitrogens with zero attached hydrogens (tertiary/aromatic N) is 2. The fraction of sp³-hybridized carbons (Fsp3) is 0.457. The molecule has 230 valence electrons. The maximum atomic E-state index is 10.7. The van der Waals surface area contributed by atoms with Crippen molar-refractivity contribution in [2.45, 2.75) is 44.7 Å².